The Morgan fingerprint density at radius 1 is 1.41 bits per heavy atom. The SMILES string of the molecule is CC(O)CC(C)(C)CNC(=O)CSc1nccn1C(C)(C)C. The van der Waals surface area contributed by atoms with Crippen LogP contribution in [0.2, 0.25) is 0 Å². The van der Waals surface area contributed by atoms with Gasteiger partial charge in [0, 0.05) is 24.5 Å². The highest BCUT2D eigenvalue weighted by Crippen LogP contribution is 2.24. The Hall–Kier alpha value is -1.01. The van der Waals surface area contributed by atoms with Crippen LogP contribution in [0.1, 0.15) is 48.0 Å². The number of carbonyl (C=O) groups is 1. The highest BCUT2D eigenvalue weighted by atomic mass is 32.2. The van der Waals surface area contributed by atoms with E-state index in [0.717, 1.165) is 5.16 Å². The molecule has 0 fully saturated rings. The van der Waals surface area contributed by atoms with E-state index in [0.29, 0.717) is 18.7 Å². The number of aliphatic hydroxyl groups is 1. The van der Waals surface area contributed by atoms with Crippen LogP contribution in [-0.4, -0.2) is 39.0 Å². The molecule has 126 valence electrons. The van der Waals surface area contributed by atoms with E-state index in [4.69, 9.17) is 0 Å². The van der Waals surface area contributed by atoms with E-state index >= 15 is 0 Å². The van der Waals surface area contributed by atoms with Gasteiger partial charge in [-0.15, -0.1) is 0 Å². The predicted molar refractivity (Wildman–Crippen MR) is 91.0 cm³/mol. The Labute approximate surface area is 137 Å². The second-order valence-corrected chi connectivity index (χ2v) is 8.48. The zero-order valence-corrected chi connectivity index (χ0v) is 15.3. The third kappa shape index (κ3) is 6.40. The molecule has 0 bridgehead atoms. The fourth-order valence-corrected chi connectivity index (χ4v) is 3.27. The van der Waals surface area contributed by atoms with Gasteiger partial charge in [0.2, 0.25) is 5.91 Å². The maximum Gasteiger partial charge on any atom is 0.230 e. The number of aromatic nitrogens is 2. The van der Waals surface area contributed by atoms with Gasteiger partial charge in [-0.1, -0.05) is 25.6 Å². The minimum atomic E-state index is -0.361. The van der Waals surface area contributed by atoms with Crippen molar-refractivity contribution in [2.45, 2.75) is 64.8 Å². The first kappa shape index (κ1) is 19.0. The van der Waals surface area contributed by atoms with Crippen LogP contribution in [0, 0.1) is 5.41 Å². The molecule has 1 heterocycles. The van der Waals surface area contributed by atoms with Gasteiger partial charge in [0.05, 0.1) is 11.9 Å². The summed E-state index contributed by atoms with van der Waals surface area (Å²) >= 11 is 1.44. The number of aliphatic hydroxyl groups excluding tert-OH is 1. The molecule has 1 unspecified atom stereocenters. The lowest BCUT2D eigenvalue weighted by Gasteiger charge is -2.26. The van der Waals surface area contributed by atoms with E-state index in [2.05, 4.69) is 35.6 Å². The van der Waals surface area contributed by atoms with E-state index in [-0.39, 0.29) is 23.0 Å². The predicted octanol–water partition coefficient (Wildman–Crippen LogP) is 2.64. The zero-order chi connectivity index (χ0) is 17.0. The highest BCUT2D eigenvalue weighted by molar-refractivity contribution is 7.99. The van der Waals surface area contributed by atoms with E-state index in [1.54, 1.807) is 13.1 Å². The Morgan fingerprint density at radius 3 is 2.59 bits per heavy atom. The summed E-state index contributed by atoms with van der Waals surface area (Å²) in [6.45, 7) is 12.7. The Morgan fingerprint density at radius 2 is 2.05 bits per heavy atom. The van der Waals surface area contributed by atoms with Crippen LogP contribution in [-0.2, 0) is 10.3 Å². The molecule has 1 aromatic heterocycles. The van der Waals surface area contributed by atoms with Crippen molar-refractivity contribution in [3.8, 4) is 0 Å². The fraction of sp³-hybridized carbons (Fsp3) is 0.750. The van der Waals surface area contributed by atoms with Crippen LogP contribution in [0.4, 0.5) is 0 Å². The van der Waals surface area contributed by atoms with Crippen LogP contribution in [0.15, 0.2) is 17.6 Å². The van der Waals surface area contributed by atoms with Crippen molar-refractivity contribution in [1.29, 1.82) is 0 Å². The Bertz CT molecular complexity index is 490. The van der Waals surface area contributed by atoms with E-state index in [1.165, 1.54) is 11.8 Å². The summed E-state index contributed by atoms with van der Waals surface area (Å²) in [6, 6.07) is 0. The van der Waals surface area contributed by atoms with Gasteiger partial charge in [-0.2, -0.15) is 0 Å². The molecule has 0 aromatic carbocycles. The van der Waals surface area contributed by atoms with Crippen molar-refractivity contribution >= 4 is 17.7 Å². The molecular formula is C16H29N3O2S. The summed E-state index contributed by atoms with van der Waals surface area (Å²) in [5.74, 6) is 0.338. The minimum Gasteiger partial charge on any atom is -0.393 e. The lowest BCUT2D eigenvalue weighted by atomic mass is 9.87. The van der Waals surface area contributed by atoms with Crippen molar-refractivity contribution in [2.24, 2.45) is 5.41 Å². The summed E-state index contributed by atoms with van der Waals surface area (Å²) in [5.41, 5.74) is -0.160. The summed E-state index contributed by atoms with van der Waals surface area (Å²) < 4.78 is 2.07. The molecule has 0 saturated heterocycles. The maximum absolute atomic E-state index is 12.0. The van der Waals surface area contributed by atoms with Gasteiger partial charge >= 0.3 is 0 Å². The summed E-state index contributed by atoms with van der Waals surface area (Å²) in [6.07, 6.45) is 4.00. The number of rotatable bonds is 7. The van der Waals surface area contributed by atoms with Gasteiger partial charge in [0.15, 0.2) is 5.16 Å². The quantitative estimate of drug-likeness (QED) is 0.756. The molecule has 0 spiro atoms. The first-order valence-corrected chi connectivity index (χ1v) is 8.61. The average molecular weight is 327 g/mol. The maximum atomic E-state index is 12.0. The second-order valence-electron chi connectivity index (χ2n) is 7.53. The lowest BCUT2D eigenvalue weighted by molar-refractivity contribution is -0.119. The molecule has 0 aliphatic heterocycles. The Kier molecular flexibility index (Phi) is 6.50. The second kappa shape index (κ2) is 7.51. The molecule has 2 N–H and O–H groups in total. The van der Waals surface area contributed by atoms with Crippen LogP contribution in [0.5, 0.6) is 0 Å². The van der Waals surface area contributed by atoms with Crippen molar-refractivity contribution in [1.82, 2.24) is 14.9 Å². The van der Waals surface area contributed by atoms with Gasteiger partial charge < -0.3 is 15.0 Å². The number of hydrogen-bond donors (Lipinski definition) is 2. The molecule has 22 heavy (non-hydrogen) atoms. The number of imidazole rings is 1. The van der Waals surface area contributed by atoms with Crippen LogP contribution < -0.4 is 5.32 Å². The standard InChI is InChI=1S/C16H29N3O2S/c1-12(20)9-16(5,6)11-18-13(21)10-22-14-17-7-8-19(14)15(2,3)4/h7-8,12,20H,9-11H2,1-6H3,(H,18,21). The molecule has 6 heteroatoms. The first-order valence-electron chi connectivity index (χ1n) is 7.63. The molecule has 0 aliphatic rings. The van der Waals surface area contributed by atoms with Gasteiger partial charge in [0.1, 0.15) is 0 Å². The molecule has 0 aliphatic carbocycles. The molecule has 1 amide bonds. The first-order chi connectivity index (χ1) is 10.0. The topological polar surface area (TPSA) is 67.2 Å². The molecule has 0 saturated carbocycles. The third-order valence-corrected chi connectivity index (χ3v) is 4.24. The Balaban J connectivity index is 2.46. The minimum absolute atomic E-state index is 0.00729. The largest absolute Gasteiger partial charge is 0.393 e. The molecular weight excluding hydrogens is 298 g/mol. The van der Waals surface area contributed by atoms with Crippen LogP contribution in [0.25, 0.3) is 0 Å². The monoisotopic (exact) mass is 327 g/mol. The number of amides is 1. The van der Waals surface area contributed by atoms with Crippen LogP contribution >= 0.6 is 11.8 Å². The van der Waals surface area contributed by atoms with E-state index < -0.39 is 0 Å². The van der Waals surface area contributed by atoms with Gasteiger partial charge in [-0.3, -0.25) is 4.79 Å². The molecule has 1 aromatic rings. The zero-order valence-electron chi connectivity index (χ0n) is 14.5. The number of hydrogen-bond acceptors (Lipinski definition) is 4. The van der Waals surface area contributed by atoms with Gasteiger partial charge in [-0.05, 0) is 39.5 Å². The van der Waals surface area contributed by atoms with Crippen molar-refractivity contribution in [3.05, 3.63) is 12.4 Å². The summed E-state index contributed by atoms with van der Waals surface area (Å²) in [4.78, 5) is 16.3. The van der Waals surface area contributed by atoms with Gasteiger partial charge in [-0.25, -0.2) is 4.98 Å². The van der Waals surface area contributed by atoms with E-state index in [9.17, 15) is 9.90 Å². The van der Waals surface area contributed by atoms with Crippen molar-refractivity contribution in [2.75, 3.05) is 12.3 Å². The number of thioether (sulfide) groups is 1. The molecule has 5 nitrogen and oxygen atoms in total. The summed E-state index contributed by atoms with van der Waals surface area (Å²) in [7, 11) is 0. The smallest absolute Gasteiger partial charge is 0.230 e. The van der Waals surface area contributed by atoms with Crippen molar-refractivity contribution in [3.63, 3.8) is 0 Å². The lowest BCUT2D eigenvalue weighted by Crippen LogP contribution is -2.36. The average Bonchev–Trinajstić information content (AvgIpc) is 2.80. The molecule has 0 radical (unpaired) electrons. The normalized spacial score (nSPS) is 14.0. The van der Waals surface area contributed by atoms with Crippen LogP contribution in [0.3, 0.4) is 0 Å². The number of nitrogens with one attached hydrogen (secondary N) is 1. The fourth-order valence-electron chi connectivity index (χ4n) is 2.30. The van der Waals surface area contributed by atoms with Crippen molar-refractivity contribution < 1.29 is 9.90 Å². The highest BCUT2D eigenvalue weighted by Gasteiger charge is 2.22. The molecule has 1 atom stereocenters. The number of carbonyl (C=O) groups excluding carboxylic acids is 1. The van der Waals surface area contributed by atoms with E-state index in [1.807, 2.05) is 20.0 Å². The molecule has 1 rings (SSSR count). The summed E-state index contributed by atoms with van der Waals surface area (Å²) in [5, 5.41) is 13.3. The van der Waals surface area contributed by atoms with Gasteiger partial charge in [0.25, 0.3) is 0 Å². The number of nitrogens with zero attached hydrogens (tertiary/aromatic N) is 2. The third-order valence-electron chi connectivity index (χ3n) is 3.27.